The molecule has 2 aliphatic rings. The molecule has 0 saturated carbocycles. The zero-order valence-electron chi connectivity index (χ0n) is 14.9. The average molecular weight is 401 g/mol. The normalized spacial score (nSPS) is 20.2. The number of para-hydroxylation sites is 1. The van der Waals surface area contributed by atoms with Crippen LogP contribution in [0.25, 0.3) is 0 Å². The molecule has 0 aromatic heterocycles. The monoisotopic (exact) mass is 400 g/mol. The van der Waals surface area contributed by atoms with E-state index in [1.165, 1.54) is 10.6 Å². The number of amides is 2. The molecule has 1 aromatic carbocycles. The van der Waals surface area contributed by atoms with Gasteiger partial charge < -0.3 is 15.1 Å². The van der Waals surface area contributed by atoms with E-state index < -0.39 is 10.0 Å². The van der Waals surface area contributed by atoms with Crippen molar-refractivity contribution < 1.29 is 13.2 Å². The lowest BCUT2D eigenvalue weighted by atomic mass is 10.1. The maximum Gasteiger partial charge on any atom is 0.317 e. The summed E-state index contributed by atoms with van der Waals surface area (Å²) in [5, 5.41) is 3.77. The van der Waals surface area contributed by atoms with Crippen molar-refractivity contribution >= 4 is 33.3 Å². The van der Waals surface area contributed by atoms with Crippen molar-refractivity contribution in [1.29, 1.82) is 0 Å². The van der Waals surface area contributed by atoms with E-state index in [0.717, 1.165) is 23.8 Å². The molecule has 144 valence electrons. The number of rotatable bonds is 3. The van der Waals surface area contributed by atoms with E-state index in [-0.39, 0.29) is 12.1 Å². The third-order valence-electron chi connectivity index (χ3n) is 5.01. The zero-order valence-corrected chi connectivity index (χ0v) is 16.5. The van der Waals surface area contributed by atoms with Crippen molar-refractivity contribution in [2.75, 3.05) is 50.4 Å². The van der Waals surface area contributed by atoms with Crippen LogP contribution in [0.1, 0.15) is 12.8 Å². The Hall–Kier alpha value is -1.51. The fourth-order valence-corrected chi connectivity index (χ4v) is 4.59. The molecule has 3 rings (SSSR count). The predicted molar refractivity (Wildman–Crippen MR) is 103 cm³/mol. The number of piperidine rings is 1. The number of benzene rings is 1. The van der Waals surface area contributed by atoms with Crippen LogP contribution in [-0.2, 0) is 10.0 Å². The molecule has 2 aliphatic heterocycles. The van der Waals surface area contributed by atoms with E-state index >= 15 is 0 Å². The van der Waals surface area contributed by atoms with Crippen LogP contribution >= 0.6 is 11.6 Å². The Morgan fingerprint density at radius 1 is 1.08 bits per heavy atom. The number of nitrogens with zero attached hydrogens (tertiary/aromatic N) is 3. The van der Waals surface area contributed by atoms with Crippen LogP contribution in [0.15, 0.2) is 24.3 Å². The van der Waals surface area contributed by atoms with Gasteiger partial charge in [0.15, 0.2) is 0 Å². The van der Waals surface area contributed by atoms with Gasteiger partial charge in [-0.15, -0.1) is 0 Å². The number of urea groups is 1. The van der Waals surface area contributed by atoms with Crippen LogP contribution < -0.4 is 10.2 Å². The zero-order chi connectivity index (χ0) is 18.7. The van der Waals surface area contributed by atoms with Gasteiger partial charge in [-0.3, -0.25) is 0 Å². The predicted octanol–water partition coefficient (Wildman–Crippen LogP) is 1.60. The number of halogens is 1. The molecule has 0 aliphatic carbocycles. The van der Waals surface area contributed by atoms with Gasteiger partial charge in [0, 0.05) is 45.3 Å². The van der Waals surface area contributed by atoms with Gasteiger partial charge in [0.2, 0.25) is 10.0 Å². The number of hydrogen-bond acceptors (Lipinski definition) is 4. The van der Waals surface area contributed by atoms with Crippen molar-refractivity contribution in [3.8, 4) is 0 Å². The molecule has 0 radical (unpaired) electrons. The second-order valence-corrected chi connectivity index (χ2v) is 9.20. The summed E-state index contributed by atoms with van der Waals surface area (Å²) in [6.07, 6.45) is 2.53. The largest absolute Gasteiger partial charge is 0.367 e. The maximum atomic E-state index is 12.5. The lowest BCUT2D eigenvalue weighted by Crippen LogP contribution is -2.55. The smallest absolute Gasteiger partial charge is 0.317 e. The molecule has 2 amide bonds. The van der Waals surface area contributed by atoms with Gasteiger partial charge in [0.1, 0.15) is 0 Å². The molecule has 1 N–H and O–H groups in total. The van der Waals surface area contributed by atoms with Gasteiger partial charge in [0.05, 0.1) is 17.0 Å². The fourth-order valence-electron chi connectivity index (χ4n) is 3.46. The van der Waals surface area contributed by atoms with E-state index in [1.807, 2.05) is 29.2 Å². The van der Waals surface area contributed by atoms with Crippen LogP contribution in [0.4, 0.5) is 10.5 Å². The van der Waals surface area contributed by atoms with Crippen LogP contribution in [0.2, 0.25) is 5.02 Å². The molecule has 9 heteroatoms. The van der Waals surface area contributed by atoms with Gasteiger partial charge in [-0.1, -0.05) is 23.7 Å². The lowest BCUT2D eigenvalue weighted by Gasteiger charge is -2.38. The molecule has 0 atom stereocenters. The molecule has 26 heavy (non-hydrogen) atoms. The van der Waals surface area contributed by atoms with Gasteiger partial charge in [-0.25, -0.2) is 17.5 Å². The Balaban J connectivity index is 1.47. The Morgan fingerprint density at radius 3 is 2.27 bits per heavy atom. The highest BCUT2D eigenvalue weighted by Gasteiger charge is 2.28. The second-order valence-electron chi connectivity index (χ2n) is 6.81. The van der Waals surface area contributed by atoms with Crippen molar-refractivity contribution in [2.24, 2.45) is 0 Å². The van der Waals surface area contributed by atoms with Gasteiger partial charge in [-0.05, 0) is 25.0 Å². The summed E-state index contributed by atoms with van der Waals surface area (Å²) in [6.45, 7) is 3.68. The molecule has 1 aromatic rings. The number of nitrogens with one attached hydrogen (secondary N) is 1. The second kappa shape index (κ2) is 8.02. The SMILES string of the molecule is CS(=O)(=O)N1CCC(NC(=O)N2CCN(c3ccccc3Cl)CC2)CC1. The summed E-state index contributed by atoms with van der Waals surface area (Å²) >= 11 is 6.25. The number of hydrogen-bond donors (Lipinski definition) is 1. The van der Waals surface area contributed by atoms with Gasteiger partial charge in [0.25, 0.3) is 0 Å². The first kappa shape index (κ1) is 19.3. The van der Waals surface area contributed by atoms with Crippen molar-refractivity contribution in [2.45, 2.75) is 18.9 Å². The minimum Gasteiger partial charge on any atom is -0.367 e. The van der Waals surface area contributed by atoms with Crippen LogP contribution in [-0.4, -0.2) is 75.2 Å². The van der Waals surface area contributed by atoms with Gasteiger partial charge >= 0.3 is 6.03 Å². The van der Waals surface area contributed by atoms with E-state index in [0.29, 0.717) is 39.0 Å². The summed E-state index contributed by atoms with van der Waals surface area (Å²) in [5.74, 6) is 0. The first-order chi connectivity index (χ1) is 12.3. The molecule has 2 fully saturated rings. The topological polar surface area (TPSA) is 73.0 Å². The summed E-state index contributed by atoms with van der Waals surface area (Å²) in [4.78, 5) is 16.5. The molecule has 0 unspecified atom stereocenters. The summed E-state index contributed by atoms with van der Waals surface area (Å²) in [5.41, 5.74) is 1.00. The Kier molecular flexibility index (Phi) is 5.94. The van der Waals surface area contributed by atoms with Crippen LogP contribution in [0.3, 0.4) is 0 Å². The number of anilines is 1. The van der Waals surface area contributed by atoms with Crippen molar-refractivity contribution in [3.63, 3.8) is 0 Å². The first-order valence-corrected chi connectivity index (χ1v) is 11.1. The lowest BCUT2D eigenvalue weighted by molar-refractivity contribution is 0.184. The molecule has 0 bridgehead atoms. The molecule has 2 saturated heterocycles. The Labute approximate surface area is 159 Å². The van der Waals surface area contributed by atoms with E-state index in [9.17, 15) is 13.2 Å². The number of carbonyl (C=O) groups is 1. The number of piperazine rings is 1. The van der Waals surface area contributed by atoms with E-state index in [2.05, 4.69) is 10.2 Å². The molecule has 2 heterocycles. The van der Waals surface area contributed by atoms with Crippen LogP contribution in [0.5, 0.6) is 0 Å². The number of carbonyl (C=O) groups excluding carboxylic acids is 1. The molecular formula is C17H25ClN4O3S. The highest BCUT2D eigenvalue weighted by Crippen LogP contribution is 2.26. The van der Waals surface area contributed by atoms with E-state index in [4.69, 9.17) is 11.6 Å². The van der Waals surface area contributed by atoms with Crippen molar-refractivity contribution in [3.05, 3.63) is 29.3 Å². The highest BCUT2D eigenvalue weighted by atomic mass is 35.5. The number of sulfonamides is 1. The van der Waals surface area contributed by atoms with Crippen molar-refractivity contribution in [1.82, 2.24) is 14.5 Å². The van der Waals surface area contributed by atoms with E-state index in [1.54, 1.807) is 0 Å². The molecule has 0 spiro atoms. The molecular weight excluding hydrogens is 376 g/mol. The first-order valence-electron chi connectivity index (χ1n) is 8.84. The summed E-state index contributed by atoms with van der Waals surface area (Å²) < 4.78 is 24.6. The highest BCUT2D eigenvalue weighted by molar-refractivity contribution is 7.88. The van der Waals surface area contributed by atoms with Crippen LogP contribution in [0, 0.1) is 0 Å². The minimum atomic E-state index is -3.14. The average Bonchev–Trinajstić information content (AvgIpc) is 2.62. The minimum absolute atomic E-state index is 0.0297. The Morgan fingerprint density at radius 2 is 1.69 bits per heavy atom. The summed E-state index contributed by atoms with van der Waals surface area (Å²) in [7, 11) is -3.14. The third kappa shape index (κ3) is 4.61. The third-order valence-corrected chi connectivity index (χ3v) is 6.63. The van der Waals surface area contributed by atoms with Gasteiger partial charge in [-0.2, -0.15) is 0 Å². The quantitative estimate of drug-likeness (QED) is 0.836. The maximum absolute atomic E-state index is 12.5. The standard InChI is InChI=1S/C17H25ClN4O3S/c1-26(24,25)22-8-6-14(7-9-22)19-17(23)21-12-10-20(11-13-21)16-5-3-2-4-15(16)18/h2-5,14H,6-13H2,1H3,(H,19,23). The fraction of sp³-hybridized carbons (Fsp3) is 0.588. The summed E-state index contributed by atoms with van der Waals surface area (Å²) in [6, 6.07) is 7.70. The molecule has 7 nitrogen and oxygen atoms in total. The Bertz CT molecular complexity index is 742.